The van der Waals surface area contributed by atoms with Crippen molar-refractivity contribution in [3.05, 3.63) is 42.0 Å². The molecule has 3 aromatic rings. The SMILES string of the molecule is CCSc1nc2c(F)cccc2n1C1CCN(C(=O)C2(F)CCN(Cc3cnc(N)nc3)CC2)CC1. The van der Waals surface area contributed by atoms with E-state index in [0.29, 0.717) is 51.1 Å². The summed E-state index contributed by atoms with van der Waals surface area (Å²) in [5.41, 5.74) is 5.77. The topological polar surface area (TPSA) is 93.2 Å². The predicted octanol–water partition coefficient (Wildman–Crippen LogP) is 3.83. The molecule has 0 radical (unpaired) electrons. The molecule has 1 aromatic carbocycles. The van der Waals surface area contributed by atoms with Crippen LogP contribution in [0.1, 0.15) is 44.2 Å². The zero-order chi connectivity index (χ0) is 25.3. The first-order valence-electron chi connectivity index (χ1n) is 12.4. The molecule has 4 heterocycles. The van der Waals surface area contributed by atoms with E-state index in [9.17, 15) is 9.18 Å². The normalized spacial score (nSPS) is 19.1. The maximum atomic E-state index is 15.8. The minimum atomic E-state index is -1.84. The molecule has 2 N–H and O–H groups in total. The molecule has 0 spiro atoms. The first-order chi connectivity index (χ1) is 17.4. The number of nitrogen functional groups attached to an aromatic ring is 1. The largest absolute Gasteiger partial charge is 0.368 e. The van der Waals surface area contributed by atoms with Crippen LogP contribution in [0, 0.1) is 5.82 Å². The monoisotopic (exact) mass is 515 g/mol. The molecule has 0 aliphatic carbocycles. The Hall–Kier alpha value is -2.79. The van der Waals surface area contributed by atoms with E-state index >= 15 is 4.39 Å². The van der Waals surface area contributed by atoms with Crippen molar-refractivity contribution >= 4 is 34.7 Å². The minimum absolute atomic E-state index is 0.0921. The third-order valence-corrected chi connectivity index (χ3v) is 8.03. The van der Waals surface area contributed by atoms with Crippen LogP contribution >= 0.6 is 11.8 Å². The highest BCUT2D eigenvalue weighted by atomic mass is 32.2. The Morgan fingerprint density at radius 3 is 2.53 bits per heavy atom. The second-order valence-electron chi connectivity index (χ2n) is 9.52. The summed E-state index contributed by atoms with van der Waals surface area (Å²) in [5.74, 6) is 0.325. The summed E-state index contributed by atoms with van der Waals surface area (Å²) in [5, 5.41) is 0.795. The number of hydrogen-bond donors (Lipinski definition) is 1. The Balaban J connectivity index is 1.21. The molecule has 8 nitrogen and oxygen atoms in total. The molecular formula is C25H31F2N7OS. The van der Waals surface area contributed by atoms with Crippen molar-refractivity contribution in [2.24, 2.45) is 0 Å². The average molecular weight is 516 g/mol. The molecule has 36 heavy (non-hydrogen) atoms. The number of imidazole rings is 1. The number of carbonyl (C=O) groups is 1. The summed E-state index contributed by atoms with van der Waals surface area (Å²) in [6.45, 7) is 4.59. The molecule has 2 aliphatic rings. The minimum Gasteiger partial charge on any atom is -0.368 e. The summed E-state index contributed by atoms with van der Waals surface area (Å²) in [6, 6.07) is 5.11. The Morgan fingerprint density at radius 2 is 1.86 bits per heavy atom. The molecule has 1 amide bonds. The van der Waals surface area contributed by atoms with Crippen molar-refractivity contribution in [3.63, 3.8) is 0 Å². The van der Waals surface area contributed by atoms with Crippen molar-refractivity contribution < 1.29 is 13.6 Å². The van der Waals surface area contributed by atoms with Crippen LogP contribution in [0.15, 0.2) is 35.7 Å². The van der Waals surface area contributed by atoms with E-state index in [1.165, 1.54) is 6.07 Å². The van der Waals surface area contributed by atoms with Crippen LogP contribution < -0.4 is 5.73 Å². The lowest BCUT2D eigenvalue weighted by Crippen LogP contribution is -2.53. The van der Waals surface area contributed by atoms with Gasteiger partial charge in [-0.1, -0.05) is 24.8 Å². The summed E-state index contributed by atoms with van der Waals surface area (Å²) in [4.78, 5) is 29.6. The lowest BCUT2D eigenvalue weighted by molar-refractivity contribution is -0.149. The third-order valence-electron chi connectivity index (χ3n) is 7.19. The smallest absolute Gasteiger partial charge is 0.260 e. The number of hydrogen-bond acceptors (Lipinski definition) is 7. The number of halogens is 2. The predicted molar refractivity (Wildman–Crippen MR) is 136 cm³/mol. The highest BCUT2D eigenvalue weighted by molar-refractivity contribution is 7.99. The molecule has 0 atom stereocenters. The molecular weight excluding hydrogens is 484 g/mol. The number of rotatable bonds is 6. The van der Waals surface area contributed by atoms with E-state index in [-0.39, 0.29) is 30.6 Å². The molecule has 0 unspecified atom stereocenters. The van der Waals surface area contributed by atoms with Crippen molar-refractivity contribution in [1.82, 2.24) is 29.3 Å². The van der Waals surface area contributed by atoms with Crippen LogP contribution in [0.4, 0.5) is 14.7 Å². The highest BCUT2D eigenvalue weighted by Crippen LogP contribution is 2.36. The van der Waals surface area contributed by atoms with E-state index in [4.69, 9.17) is 5.73 Å². The number of amides is 1. The second kappa shape index (κ2) is 10.3. The van der Waals surface area contributed by atoms with Gasteiger partial charge >= 0.3 is 0 Å². The Bertz CT molecular complexity index is 1220. The van der Waals surface area contributed by atoms with Gasteiger partial charge in [0, 0.05) is 69.6 Å². The number of likely N-dealkylation sites (tertiary alicyclic amines) is 2. The number of piperidine rings is 2. The summed E-state index contributed by atoms with van der Waals surface area (Å²) < 4.78 is 32.3. The maximum absolute atomic E-state index is 15.8. The Labute approximate surface area is 213 Å². The number of aromatic nitrogens is 4. The fourth-order valence-electron chi connectivity index (χ4n) is 5.24. The number of alkyl halides is 1. The van der Waals surface area contributed by atoms with Gasteiger partial charge in [-0.3, -0.25) is 9.69 Å². The average Bonchev–Trinajstić information content (AvgIpc) is 3.26. The lowest BCUT2D eigenvalue weighted by atomic mass is 9.90. The van der Waals surface area contributed by atoms with Gasteiger partial charge in [0.15, 0.2) is 16.6 Å². The Kier molecular flexibility index (Phi) is 7.11. The van der Waals surface area contributed by atoms with Crippen LogP contribution in [0.25, 0.3) is 11.0 Å². The molecule has 0 saturated carbocycles. The van der Waals surface area contributed by atoms with Crippen molar-refractivity contribution in [1.29, 1.82) is 0 Å². The van der Waals surface area contributed by atoms with Gasteiger partial charge in [-0.05, 0) is 30.7 Å². The van der Waals surface area contributed by atoms with Gasteiger partial charge in [0.2, 0.25) is 5.95 Å². The zero-order valence-corrected chi connectivity index (χ0v) is 21.2. The van der Waals surface area contributed by atoms with Gasteiger partial charge in [0.25, 0.3) is 5.91 Å². The fraction of sp³-hybridized carbons (Fsp3) is 0.520. The number of para-hydroxylation sites is 1. The van der Waals surface area contributed by atoms with E-state index in [0.717, 1.165) is 22.0 Å². The van der Waals surface area contributed by atoms with Crippen LogP contribution in [0.2, 0.25) is 0 Å². The molecule has 2 aliphatic heterocycles. The van der Waals surface area contributed by atoms with E-state index < -0.39 is 11.6 Å². The van der Waals surface area contributed by atoms with Gasteiger partial charge in [-0.2, -0.15) is 0 Å². The van der Waals surface area contributed by atoms with Gasteiger partial charge in [0.05, 0.1) is 5.52 Å². The van der Waals surface area contributed by atoms with Gasteiger partial charge < -0.3 is 15.2 Å². The molecule has 2 saturated heterocycles. The fourth-order valence-corrected chi connectivity index (χ4v) is 6.04. The van der Waals surface area contributed by atoms with Crippen molar-refractivity contribution in [3.8, 4) is 0 Å². The highest BCUT2D eigenvalue weighted by Gasteiger charge is 2.45. The molecule has 2 aromatic heterocycles. The number of thioether (sulfide) groups is 1. The van der Waals surface area contributed by atoms with Gasteiger partial charge in [-0.15, -0.1) is 0 Å². The van der Waals surface area contributed by atoms with Gasteiger partial charge in [0.1, 0.15) is 5.52 Å². The number of fused-ring (bicyclic) bond motifs is 1. The number of nitrogens with zero attached hydrogens (tertiary/aromatic N) is 6. The first kappa shape index (κ1) is 24.9. The zero-order valence-electron chi connectivity index (χ0n) is 20.4. The van der Waals surface area contributed by atoms with E-state index in [1.807, 2.05) is 13.0 Å². The summed E-state index contributed by atoms with van der Waals surface area (Å²) in [7, 11) is 0. The molecule has 5 rings (SSSR count). The summed E-state index contributed by atoms with van der Waals surface area (Å²) >= 11 is 1.59. The number of benzene rings is 1. The van der Waals surface area contributed by atoms with Crippen molar-refractivity contribution in [2.75, 3.05) is 37.7 Å². The van der Waals surface area contributed by atoms with Crippen LogP contribution in [0.5, 0.6) is 0 Å². The molecule has 192 valence electrons. The number of anilines is 1. The van der Waals surface area contributed by atoms with E-state index in [2.05, 4.69) is 24.4 Å². The standard InChI is InChI=1S/C25H31F2N7OS/c1-2-36-24-31-21-19(26)4-3-5-20(21)34(24)18-6-10-33(11-7-18)22(35)25(27)8-12-32(13-9-25)16-17-14-29-23(28)30-15-17/h3-5,14-15,18H,2,6-13,16H2,1H3,(H2,28,29,30). The van der Waals surface area contributed by atoms with Crippen LogP contribution in [-0.2, 0) is 11.3 Å². The molecule has 0 bridgehead atoms. The first-order valence-corrected chi connectivity index (χ1v) is 13.4. The van der Waals surface area contributed by atoms with Crippen LogP contribution in [-0.4, -0.2) is 72.8 Å². The second-order valence-corrected chi connectivity index (χ2v) is 10.8. The number of carbonyl (C=O) groups excluding carboxylic acids is 1. The lowest BCUT2D eigenvalue weighted by Gasteiger charge is -2.40. The van der Waals surface area contributed by atoms with E-state index in [1.54, 1.807) is 35.1 Å². The quantitative estimate of drug-likeness (QED) is 0.499. The third kappa shape index (κ3) is 4.90. The number of nitrogens with two attached hydrogens (primary N) is 1. The summed E-state index contributed by atoms with van der Waals surface area (Å²) in [6.07, 6.45) is 5.07. The molecule has 2 fully saturated rings. The van der Waals surface area contributed by atoms with Crippen molar-refractivity contribution in [2.45, 2.75) is 56.0 Å². The molecule has 11 heteroatoms. The van der Waals surface area contributed by atoms with Crippen LogP contribution in [0.3, 0.4) is 0 Å². The Morgan fingerprint density at radius 1 is 1.17 bits per heavy atom. The van der Waals surface area contributed by atoms with Gasteiger partial charge in [-0.25, -0.2) is 23.7 Å². The maximum Gasteiger partial charge on any atom is 0.260 e.